The molecular formula is C12H9FO4S. The fourth-order valence-electron chi connectivity index (χ4n) is 1.47. The molecule has 0 aliphatic heterocycles. The normalized spacial score (nSPS) is 12.3. The third-order valence-corrected chi connectivity index (χ3v) is 3.67. The van der Waals surface area contributed by atoms with Crippen LogP contribution in [0.25, 0.3) is 0 Å². The highest BCUT2D eigenvalue weighted by Crippen LogP contribution is 2.18. The number of rotatable bonds is 4. The zero-order valence-corrected chi connectivity index (χ0v) is 9.95. The number of carboxylic acids is 1. The lowest BCUT2D eigenvalue weighted by atomic mass is 10.3. The van der Waals surface area contributed by atoms with E-state index in [-0.39, 0.29) is 22.0 Å². The van der Waals surface area contributed by atoms with Crippen molar-refractivity contribution in [1.82, 2.24) is 0 Å². The number of hydrogen-bond acceptors (Lipinski definition) is 3. The molecule has 1 unspecified atom stereocenters. The second-order valence-electron chi connectivity index (χ2n) is 3.48. The monoisotopic (exact) mass is 268 g/mol. The molecule has 0 fully saturated rings. The van der Waals surface area contributed by atoms with Crippen LogP contribution in [0.2, 0.25) is 0 Å². The van der Waals surface area contributed by atoms with Gasteiger partial charge in [0.15, 0.2) is 0 Å². The number of aromatic carboxylic acids is 1. The number of carbonyl (C=O) groups is 1. The lowest BCUT2D eigenvalue weighted by Crippen LogP contribution is -2.03. The fraction of sp³-hybridized carbons (Fsp3) is 0.0833. The Labute approximate surface area is 105 Å². The third kappa shape index (κ3) is 2.48. The second kappa shape index (κ2) is 5.14. The predicted octanol–water partition coefficient (Wildman–Crippen LogP) is 2.42. The van der Waals surface area contributed by atoms with E-state index in [1.807, 2.05) is 0 Å². The van der Waals surface area contributed by atoms with Crippen LogP contribution < -0.4 is 0 Å². The van der Waals surface area contributed by atoms with Crippen LogP contribution in [0.1, 0.15) is 16.1 Å². The predicted molar refractivity (Wildman–Crippen MR) is 62.2 cm³/mol. The summed E-state index contributed by atoms with van der Waals surface area (Å²) in [6, 6.07) is 6.93. The van der Waals surface area contributed by atoms with Crippen molar-refractivity contribution in [3.63, 3.8) is 0 Å². The summed E-state index contributed by atoms with van der Waals surface area (Å²) in [6.45, 7) is 0. The molecule has 94 valence electrons. The summed E-state index contributed by atoms with van der Waals surface area (Å²) in [7, 11) is -1.68. The summed E-state index contributed by atoms with van der Waals surface area (Å²) >= 11 is 0. The molecule has 0 spiro atoms. The van der Waals surface area contributed by atoms with Crippen LogP contribution >= 0.6 is 0 Å². The van der Waals surface area contributed by atoms with Gasteiger partial charge in [-0.25, -0.2) is 9.18 Å². The summed E-state index contributed by atoms with van der Waals surface area (Å²) in [5, 5.41) is 8.86. The van der Waals surface area contributed by atoms with Gasteiger partial charge >= 0.3 is 5.97 Å². The molecule has 1 N–H and O–H groups in total. The maximum Gasteiger partial charge on any atom is 0.339 e. The van der Waals surface area contributed by atoms with Gasteiger partial charge in [-0.1, -0.05) is 12.1 Å². The first-order valence-corrected chi connectivity index (χ1v) is 6.34. The minimum Gasteiger partial charge on any atom is -0.478 e. The number of carboxylic acid groups (broad SMARTS) is 1. The smallest absolute Gasteiger partial charge is 0.339 e. The SMILES string of the molecule is O=C(O)c1ccoc1CS(=O)c1ccccc1F. The van der Waals surface area contributed by atoms with Crippen molar-refractivity contribution in [3.8, 4) is 0 Å². The first kappa shape index (κ1) is 12.5. The standard InChI is InChI=1S/C12H9FO4S/c13-9-3-1-2-4-11(9)18(16)7-10-8(12(14)15)5-6-17-10/h1-6H,7H2,(H,14,15). The van der Waals surface area contributed by atoms with Crippen LogP contribution in [-0.4, -0.2) is 15.3 Å². The van der Waals surface area contributed by atoms with Crippen LogP contribution in [-0.2, 0) is 16.6 Å². The molecule has 2 aromatic rings. The van der Waals surface area contributed by atoms with Crippen molar-refractivity contribution < 1.29 is 22.9 Å². The van der Waals surface area contributed by atoms with Crippen LogP contribution in [0.5, 0.6) is 0 Å². The maximum absolute atomic E-state index is 13.4. The Morgan fingerprint density at radius 3 is 2.72 bits per heavy atom. The summed E-state index contributed by atoms with van der Waals surface area (Å²) < 4.78 is 30.3. The van der Waals surface area contributed by atoms with E-state index in [4.69, 9.17) is 9.52 Å². The molecule has 6 heteroatoms. The molecule has 2 rings (SSSR count). The maximum atomic E-state index is 13.4. The van der Waals surface area contributed by atoms with Gasteiger partial charge < -0.3 is 9.52 Å². The van der Waals surface area contributed by atoms with Gasteiger partial charge in [0.25, 0.3) is 0 Å². The first-order chi connectivity index (χ1) is 8.59. The van der Waals surface area contributed by atoms with E-state index in [1.54, 1.807) is 6.07 Å². The summed E-state index contributed by atoms with van der Waals surface area (Å²) in [5.41, 5.74) is -0.0558. The summed E-state index contributed by atoms with van der Waals surface area (Å²) in [5.74, 6) is -1.84. The van der Waals surface area contributed by atoms with Gasteiger partial charge in [-0.05, 0) is 18.2 Å². The zero-order valence-electron chi connectivity index (χ0n) is 9.13. The van der Waals surface area contributed by atoms with Crippen molar-refractivity contribution in [1.29, 1.82) is 0 Å². The van der Waals surface area contributed by atoms with E-state index in [2.05, 4.69) is 0 Å². The van der Waals surface area contributed by atoms with E-state index >= 15 is 0 Å². The minimum absolute atomic E-state index is 0.0326. The Bertz CT molecular complexity index is 606. The molecule has 0 saturated heterocycles. The van der Waals surface area contributed by atoms with Crippen molar-refractivity contribution in [2.45, 2.75) is 10.6 Å². The topological polar surface area (TPSA) is 67.5 Å². The van der Waals surface area contributed by atoms with Gasteiger partial charge in [0.2, 0.25) is 0 Å². The molecule has 18 heavy (non-hydrogen) atoms. The Morgan fingerprint density at radius 2 is 2.06 bits per heavy atom. The van der Waals surface area contributed by atoms with Crippen LogP contribution in [0.15, 0.2) is 45.9 Å². The van der Waals surface area contributed by atoms with E-state index in [9.17, 15) is 13.4 Å². The third-order valence-electron chi connectivity index (χ3n) is 2.32. The molecule has 1 heterocycles. The molecule has 0 saturated carbocycles. The largest absolute Gasteiger partial charge is 0.478 e. The van der Waals surface area contributed by atoms with Crippen LogP contribution in [0, 0.1) is 5.82 Å². The van der Waals surface area contributed by atoms with Crippen LogP contribution in [0.4, 0.5) is 4.39 Å². The number of furan rings is 1. The van der Waals surface area contributed by atoms with E-state index < -0.39 is 22.6 Å². The van der Waals surface area contributed by atoms with Crippen LogP contribution in [0.3, 0.4) is 0 Å². The highest BCUT2D eigenvalue weighted by atomic mass is 32.2. The number of halogens is 1. The number of benzene rings is 1. The minimum atomic E-state index is -1.68. The average molecular weight is 268 g/mol. The lowest BCUT2D eigenvalue weighted by Gasteiger charge is -2.02. The van der Waals surface area contributed by atoms with Gasteiger partial charge in [0.05, 0.1) is 27.7 Å². The molecule has 0 bridgehead atoms. The van der Waals surface area contributed by atoms with E-state index in [1.165, 1.54) is 30.5 Å². The van der Waals surface area contributed by atoms with Crippen molar-refractivity contribution >= 4 is 16.8 Å². The van der Waals surface area contributed by atoms with Gasteiger partial charge in [-0.15, -0.1) is 0 Å². The second-order valence-corrected chi connectivity index (χ2v) is 4.90. The molecule has 0 aliphatic rings. The van der Waals surface area contributed by atoms with Crippen molar-refractivity contribution in [2.75, 3.05) is 0 Å². The molecule has 4 nitrogen and oxygen atoms in total. The molecule has 0 aliphatic carbocycles. The highest BCUT2D eigenvalue weighted by molar-refractivity contribution is 7.84. The Kier molecular flexibility index (Phi) is 3.57. The Hall–Kier alpha value is -1.95. The van der Waals surface area contributed by atoms with Crippen molar-refractivity contribution in [2.24, 2.45) is 0 Å². The highest BCUT2D eigenvalue weighted by Gasteiger charge is 2.18. The zero-order chi connectivity index (χ0) is 13.1. The first-order valence-electron chi connectivity index (χ1n) is 5.02. The van der Waals surface area contributed by atoms with Gasteiger partial charge in [-0.2, -0.15) is 0 Å². The molecule has 1 atom stereocenters. The Balaban J connectivity index is 2.25. The van der Waals surface area contributed by atoms with Gasteiger partial charge in [-0.3, -0.25) is 4.21 Å². The Morgan fingerprint density at radius 1 is 1.33 bits per heavy atom. The molecule has 0 amide bonds. The molecule has 1 aromatic heterocycles. The van der Waals surface area contributed by atoms with E-state index in [0.717, 1.165) is 0 Å². The quantitative estimate of drug-likeness (QED) is 0.924. The molecule has 1 aromatic carbocycles. The van der Waals surface area contributed by atoms with Gasteiger partial charge in [0, 0.05) is 0 Å². The van der Waals surface area contributed by atoms with Crippen molar-refractivity contribution in [3.05, 3.63) is 53.7 Å². The lowest BCUT2D eigenvalue weighted by molar-refractivity contribution is 0.0695. The van der Waals surface area contributed by atoms with Gasteiger partial charge in [0.1, 0.15) is 17.1 Å². The number of hydrogen-bond donors (Lipinski definition) is 1. The van der Waals surface area contributed by atoms with E-state index in [0.29, 0.717) is 0 Å². The average Bonchev–Trinajstić information content (AvgIpc) is 2.77. The summed E-state index contributed by atoms with van der Waals surface area (Å²) in [4.78, 5) is 10.9. The fourth-order valence-corrected chi connectivity index (χ4v) is 2.60. The summed E-state index contributed by atoms with van der Waals surface area (Å²) in [6.07, 6.45) is 1.21. The molecule has 0 radical (unpaired) electrons. The molecular weight excluding hydrogens is 259 g/mol.